The molecule has 0 atom stereocenters. The number of halogens is 1. The third-order valence-corrected chi connectivity index (χ3v) is 4.61. The van der Waals surface area contributed by atoms with Crippen LogP contribution in [0.5, 0.6) is 0 Å². The summed E-state index contributed by atoms with van der Waals surface area (Å²) >= 11 is 5.89. The number of rotatable bonds is 3. The highest BCUT2D eigenvalue weighted by molar-refractivity contribution is 6.29. The van der Waals surface area contributed by atoms with Crippen molar-refractivity contribution in [1.29, 1.82) is 0 Å². The Labute approximate surface area is 181 Å². The fraction of sp³-hybridized carbons (Fsp3) is 0.500. The molecule has 0 spiro atoms. The number of piperazine rings is 1. The summed E-state index contributed by atoms with van der Waals surface area (Å²) in [7, 11) is 0. The minimum absolute atomic E-state index is 0.256. The third kappa shape index (κ3) is 6.08. The van der Waals surface area contributed by atoms with Gasteiger partial charge in [0.2, 0.25) is 0 Å². The minimum Gasteiger partial charge on any atom is -0.444 e. The molecule has 30 heavy (non-hydrogen) atoms. The van der Waals surface area contributed by atoms with E-state index in [4.69, 9.17) is 22.1 Å². The van der Waals surface area contributed by atoms with Gasteiger partial charge in [0, 0.05) is 43.5 Å². The van der Waals surface area contributed by atoms with Crippen LogP contribution in [0.2, 0.25) is 5.15 Å². The van der Waals surface area contributed by atoms with Crippen molar-refractivity contribution in [3.63, 3.8) is 0 Å². The third-order valence-electron chi connectivity index (χ3n) is 4.43. The second kappa shape index (κ2) is 9.32. The normalized spacial score (nSPS) is 14.9. The second-order valence-corrected chi connectivity index (χ2v) is 8.38. The molecule has 3 heterocycles. The fourth-order valence-corrected chi connectivity index (χ4v) is 3.06. The average molecular weight is 432 g/mol. The Morgan fingerprint density at radius 3 is 2.60 bits per heavy atom. The van der Waals surface area contributed by atoms with Crippen LogP contribution >= 0.6 is 11.6 Å². The van der Waals surface area contributed by atoms with Crippen molar-refractivity contribution < 1.29 is 9.53 Å². The predicted octanol–water partition coefficient (Wildman–Crippen LogP) is 2.13. The largest absolute Gasteiger partial charge is 0.444 e. The van der Waals surface area contributed by atoms with Crippen molar-refractivity contribution in [3.8, 4) is 23.0 Å². The Kier molecular flexibility index (Phi) is 6.80. The molecule has 1 amide bonds. The van der Waals surface area contributed by atoms with Crippen LogP contribution < -0.4 is 5.73 Å². The standard InChI is InChI=1S/C20H26ClN7O2/c1-20(2,3)30-19(29)27-10-8-26(9-11-27)6-4-5-7-28-14-15(13-23-28)16-12-17(21)24-25-18(16)22/h12-14H,6-11H2,1-3H3,(H2,22,25). The Morgan fingerprint density at radius 2 is 1.90 bits per heavy atom. The Bertz CT molecular complexity index is 950. The molecule has 2 aromatic rings. The van der Waals surface area contributed by atoms with E-state index in [1.807, 2.05) is 27.0 Å². The molecule has 0 radical (unpaired) electrons. The molecule has 0 unspecified atom stereocenters. The van der Waals surface area contributed by atoms with Crippen LogP contribution in [0.3, 0.4) is 0 Å². The summed E-state index contributed by atoms with van der Waals surface area (Å²) in [6, 6.07) is 1.66. The summed E-state index contributed by atoms with van der Waals surface area (Å²) in [6.45, 7) is 9.55. The molecule has 9 nitrogen and oxygen atoms in total. The van der Waals surface area contributed by atoms with Crippen LogP contribution in [0.1, 0.15) is 20.8 Å². The number of amides is 1. The average Bonchev–Trinajstić information content (AvgIpc) is 3.15. The van der Waals surface area contributed by atoms with Gasteiger partial charge in [-0.25, -0.2) is 4.79 Å². The number of nitrogens with zero attached hydrogens (tertiary/aromatic N) is 6. The highest BCUT2D eigenvalue weighted by Crippen LogP contribution is 2.25. The van der Waals surface area contributed by atoms with Crippen molar-refractivity contribution in [2.45, 2.75) is 32.9 Å². The number of anilines is 1. The molecule has 0 bridgehead atoms. The van der Waals surface area contributed by atoms with Gasteiger partial charge in [0.05, 0.1) is 12.7 Å². The first-order chi connectivity index (χ1) is 14.2. The second-order valence-electron chi connectivity index (χ2n) is 7.99. The van der Waals surface area contributed by atoms with Crippen LogP contribution in [0.15, 0.2) is 18.5 Å². The van der Waals surface area contributed by atoms with E-state index in [2.05, 4.69) is 32.0 Å². The van der Waals surface area contributed by atoms with Crippen molar-refractivity contribution in [3.05, 3.63) is 23.6 Å². The molecule has 1 fully saturated rings. The molecule has 10 heteroatoms. The van der Waals surface area contributed by atoms with Crippen LogP contribution in [0.25, 0.3) is 11.1 Å². The first-order valence-corrected chi connectivity index (χ1v) is 10.1. The van der Waals surface area contributed by atoms with Crippen molar-refractivity contribution in [1.82, 2.24) is 29.8 Å². The smallest absolute Gasteiger partial charge is 0.410 e. The molecule has 1 aliphatic heterocycles. The first kappa shape index (κ1) is 21.9. The monoisotopic (exact) mass is 431 g/mol. The number of hydrogen-bond donors (Lipinski definition) is 1. The zero-order valence-corrected chi connectivity index (χ0v) is 18.2. The minimum atomic E-state index is -0.474. The maximum Gasteiger partial charge on any atom is 0.410 e. The zero-order chi connectivity index (χ0) is 21.7. The summed E-state index contributed by atoms with van der Waals surface area (Å²) in [5, 5.41) is 12.1. The first-order valence-electron chi connectivity index (χ1n) is 9.69. The van der Waals surface area contributed by atoms with Crippen LogP contribution in [0, 0.1) is 11.8 Å². The number of hydrogen-bond acceptors (Lipinski definition) is 7. The van der Waals surface area contributed by atoms with Gasteiger partial charge in [-0.2, -0.15) is 5.10 Å². The molecule has 0 saturated carbocycles. The van der Waals surface area contributed by atoms with E-state index in [-0.39, 0.29) is 11.2 Å². The molecule has 0 aromatic carbocycles. The molecule has 0 aliphatic carbocycles. The molecule has 1 saturated heterocycles. The van der Waals surface area contributed by atoms with Gasteiger partial charge in [-0.3, -0.25) is 9.58 Å². The number of ether oxygens (including phenoxy) is 1. The van der Waals surface area contributed by atoms with Gasteiger partial charge in [-0.05, 0) is 26.8 Å². The Morgan fingerprint density at radius 1 is 1.20 bits per heavy atom. The maximum atomic E-state index is 12.1. The van der Waals surface area contributed by atoms with Gasteiger partial charge in [-0.15, -0.1) is 10.2 Å². The van der Waals surface area contributed by atoms with E-state index in [9.17, 15) is 4.79 Å². The van der Waals surface area contributed by atoms with E-state index in [1.54, 1.807) is 21.8 Å². The zero-order valence-electron chi connectivity index (χ0n) is 17.4. The lowest BCUT2D eigenvalue weighted by Crippen LogP contribution is -2.50. The lowest BCUT2D eigenvalue weighted by Gasteiger charge is -2.34. The lowest BCUT2D eigenvalue weighted by atomic mass is 10.1. The highest BCUT2D eigenvalue weighted by atomic mass is 35.5. The van der Waals surface area contributed by atoms with Crippen molar-refractivity contribution in [2.75, 3.05) is 38.5 Å². The number of carbonyl (C=O) groups is 1. The van der Waals surface area contributed by atoms with Gasteiger partial charge in [0.1, 0.15) is 12.1 Å². The maximum absolute atomic E-state index is 12.1. The molecule has 1 aliphatic rings. The lowest BCUT2D eigenvalue weighted by molar-refractivity contribution is 0.0155. The van der Waals surface area contributed by atoms with E-state index in [0.717, 1.165) is 18.7 Å². The molecular weight excluding hydrogens is 406 g/mol. The van der Waals surface area contributed by atoms with Crippen molar-refractivity contribution >= 4 is 23.5 Å². The summed E-state index contributed by atoms with van der Waals surface area (Å²) in [6.07, 6.45) is 3.29. The predicted molar refractivity (Wildman–Crippen MR) is 115 cm³/mol. The van der Waals surface area contributed by atoms with Crippen LogP contribution in [-0.4, -0.2) is 74.2 Å². The van der Waals surface area contributed by atoms with Crippen LogP contribution in [0.4, 0.5) is 10.6 Å². The van der Waals surface area contributed by atoms with Gasteiger partial charge in [0.15, 0.2) is 11.0 Å². The van der Waals surface area contributed by atoms with E-state index < -0.39 is 5.60 Å². The molecule has 2 N–H and O–H groups in total. The Hall–Kier alpha value is -2.83. The topological polar surface area (TPSA) is 102 Å². The van der Waals surface area contributed by atoms with Crippen molar-refractivity contribution in [2.24, 2.45) is 0 Å². The summed E-state index contributed by atoms with van der Waals surface area (Å²) in [5.74, 6) is 6.59. The molecule has 2 aromatic heterocycles. The quantitative estimate of drug-likeness (QED) is 0.742. The number of carbonyl (C=O) groups excluding carboxylic acids is 1. The summed E-state index contributed by atoms with van der Waals surface area (Å²) in [5.41, 5.74) is 6.89. The van der Waals surface area contributed by atoms with Gasteiger partial charge in [-0.1, -0.05) is 23.4 Å². The number of nitrogens with two attached hydrogens (primary N) is 1. The van der Waals surface area contributed by atoms with Gasteiger partial charge < -0.3 is 15.4 Å². The molecule has 160 valence electrons. The fourth-order valence-electron chi connectivity index (χ4n) is 2.92. The van der Waals surface area contributed by atoms with E-state index >= 15 is 0 Å². The number of aromatic nitrogens is 4. The molecule has 3 rings (SSSR count). The Balaban J connectivity index is 1.46. The number of nitrogen functional groups attached to an aromatic ring is 1. The van der Waals surface area contributed by atoms with E-state index in [1.165, 1.54) is 0 Å². The highest BCUT2D eigenvalue weighted by Gasteiger charge is 2.25. The van der Waals surface area contributed by atoms with Crippen LogP contribution in [-0.2, 0) is 11.3 Å². The summed E-state index contributed by atoms with van der Waals surface area (Å²) in [4.78, 5) is 16.1. The SMILES string of the molecule is CC(C)(C)OC(=O)N1CCN(CC#CCn2cc(-c3cc(Cl)nnc3N)cn2)CC1. The van der Waals surface area contributed by atoms with Gasteiger partial charge in [0.25, 0.3) is 0 Å². The molecular formula is C20H26ClN7O2. The van der Waals surface area contributed by atoms with Gasteiger partial charge >= 0.3 is 6.09 Å². The summed E-state index contributed by atoms with van der Waals surface area (Å²) < 4.78 is 7.15. The van der Waals surface area contributed by atoms with E-state index in [0.29, 0.717) is 37.6 Å².